The van der Waals surface area contributed by atoms with E-state index < -0.39 is 0 Å². The molecule has 4 heteroatoms. The number of benzene rings is 2. The van der Waals surface area contributed by atoms with E-state index >= 15 is 0 Å². The molecule has 2 aromatic carbocycles. The second kappa shape index (κ2) is 5.55. The minimum atomic E-state index is 0.212. The zero-order chi connectivity index (χ0) is 16.8. The number of H-pyrrole nitrogens is 1. The minimum Gasteiger partial charge on any atom is -0.349 e. The molecule has 0 saturated carbocycles. The molecule has 1 aromatic heterocycles. The Morgan fingerprint density at radius 3 is 2.38 bits per heavy atom. The molecule has 0 aliphatic carbocycles. The SMILES string of the molecule is CCCc1nc2c(C)cc(C3N(C)c4ccccc4N3C)cc2[nH]1. The van der Waals surface area contributed by atoms with Gasteiger partial charge in [-0.15, -0.1) is 0 Å². The summed E-state index contributed by atoms with van der Waals surface area (Å²) in [6.07, 6.45) is 2.32. The van der Waals surface area contributed by atoms with E-state index in [-0.39, 0.29) is 6.17 Å². The first-order chi connectivity index (χ1) is 11.6. The number of aryl methyl sites for hydroxylation is 2. The van der Waals surface area contributed by atoms with Crippen LogP contribution in [0.3, 0.4) is 0 Å². The van der Waals surface area contributed by atoms with Gasteiger partial charge in [-0.05, 0) is 48.7 Å². The van der Waals surface area contributed by atoms with Crippen molar-refractivity contribution in [3.8, 4) is 0 Å². The number of rotatable bonds is 3. The average molecular weight is 320 g/mol. The van der Waals surface area contributed by atoms with Crippen molar-refractivity contribution >= 4 is 22.4 Å². The van der Waals surface area contributed by atoms with Gasteiger partial charge < -0.3 is 14.8 Å². The van der Waals surface area contributed by atoms with Crippen LogP contribution in [0.1, 0.15) is 36.5 Å². The molecule has 0 unspecified atom stereocenters. The van der Waals surface area contributed by atoms with Crippen molar-refractivity contribution in [2.24, 2.45) is 0 Å². The summed E-state index contributed by atoms with van der Waals surface area (Å²) < 4.78 is 0. The van der Waals surface area contributed by atoms with Crippen LogP contribution in [0.4, 0.5) is 11.4 Å². The second-order valence-corrected chi connectivity index (χ2v) is 6.75. The molecule has 0 amide bonds. The number of nitrogens with one attached hydrogen (secondary N) is 1. The zero-order valence-electron chi connectivity index (χ0n) is 14.8. The number of para-hydroxylation sites is 2. The van der Waals surface area contributed by atoms with E-state index in [2.05, 4.69) is 79.1 Å². The molecular weight excluding hydrogens is 296 g/mol. The van der Waals surface area contributed by atoms with Crippen LogP contribution in [0.5, 0.6) is 0 Å². The highest BCUT2D eigenvalue weighted by molar-refractivity contribution is 5.82. The number of hydrogen-bond donors (Lipinski definition) is 1. The lowest BCUT2D eigenvalue weighted by molar-refractivity contribution is 0.695. The summed E-state index contributed by atoms with van der Waals surface area (Å²) in [4.78, 5) is 13.0. The van der Waals surface area contributed by atoms with Crippen molar-refractivity contribution in [3.63, 3.8) is 0 Å². The number of fused-ring (bicyclic) bond motifs is 2. The van der Waals surface area contributed by atoms with E-state index in [1.54, 1.807) is 0 Å². The fourth-order valence-electron chi connectivity index (χ4n) is 3.90. The summed E-state index contributed by atoms with van der Waals surface area (Å²) in [5.41, 5.74) is 7.33. The molecule has 0 atom stereocenters. The summed E-state index contributed by atoms with van der Waals surface area (Å²) in [5, 5.41) is 0. The molecule has 0 fully saturated rings. The summed E-state index contributed by atoms with van der Waals surface area (Å²) in [6.45, 7) is 4.34. The van der Waals surface area contributed by atoms with Crippen molar-refractivity contribution in [2.45, 2.75) is 32.9 Å². The lowest BCUT2D eigenvalue weighted by Crippen LogP contribution is -2.30. The highest BCUT2D eigenvalue weighted by Gasteiger charge is 2.32. The molecule has 2 heterocycles. The predicted molar refractivity (Wildman–Crippen MR) is 101 cm³/mol. The van der Waals surface area contributed by atoms with E-state index in [1.807, 2.05) is 0 Å². The van der Waals surface area contributed by atoms with Gasteiger partial charge in [0.15, 0.2) is 0 Å². The molecule has 0 bridgehead atoms. The van der Waals surface area contributed by atoms with E-state index in [4.69, 9.17) is 4.98 Å². The number of imidazole rings is 1. The fourth-order valence-corrected chi connectivity index (χ4v) is 3.90. The zero-order valence-corrected chi connectivity index (χ0v) is 14.8. The molecular formula is C20H24N4. The van der Waals surface area contributed by atoms with E-state index in [0.29, 0.717) is 0 Å². The van der Waals surface area contributed by atoms with Crippen LogP contribution < -0.4 is 9.80 Å². The first kappa shape index (κ1) is 15.1. The maximum absolute atomic E-state index is 4.76. The van der Waals surface area contributed by atoms with Gasteiger partial charge in [0.2, 0.25) is 0 Å². The van der Waals surface area contributed by atoms with Gasteiger partial charge >= 0.3 is 0 Å². The number of aromatic amines is 1. The first-order valence-corrected chi connectivity index (χ1v) is 8.64. The van der Waals surface area contributed by atoms with Gasteiger partial charge in [0.05, 0.1) is 22.4 Å². The Hall–Kier alpha value is -2.49. The quantitative estimate of drug-likeness (QED) is 0.776. The monoisotopic (exact) mass is 320 g/mol. The van der Waals surface area contributed by atoms with Crippen LogP contribution in [-0.4, -0.2) is 24.1 Å². The third kappa shape index (κ3) is 2.17. The summed E-state index contributed by atoms with van der Waals surface area (Å²) in [6, 6.07) is 13.1. The van der Waals surface area contributed by atoms with Gasteiger partial charge in [0.1, 0.15) is 12.0 Å². The maximum atomic E-state index is 4.76. The molecule has 4 nitrogen and oxygen atoms in total. The number of anilines is 2. The van der Waals surface area contributed by atoms with Gasteiger partial charge in [0, 0.05) is 20.5 Å². The van der Waals surface area contributed by atoms with Crippen LogP contribution >= 0.6 is 0 Å². The summed E-state index contributed by atoms with van der Waals surface area (Å²) >= 11 is 0. The normalized spacial score (nSPS) is 14.7. The molecule has 24 heavy (non-hydrogen) atoms. The predicted octanol–water partition coefficient (Wildman–Crippen LogP) is 4.41. The van der Waals surface area contributed by atoms with Crippen molar-refractivity contribution in [2.75, 3.05) is 23.9 Å². The Labute approximate surface area is 143 Å². The van der Waals surface area contributed by atoms with E-state index in [9.17, 15) is 0 Å². The van der Waals surface area contributed by atoms with Gasteiger partial charge in [-0.1, -0.05) is 19.1 Å². The molecule has 1 aliphatic heterocycles. The van der Waals surface area contributed by atoms with Gasteiger partial charge in [-0.3, -0.25) is 0 Å². The Balaban J connectivity index is 1.80. The van der Waals surface area contributed by atoms with Crippen molar-refractivity contribution < 1.29 is 0 Å². The molecule has 0 radical (unpaired) electrons. The van der Waals surface area contributed by atoms with E-state index in [1.165, 1.54) is 22.5 Å². The Kier molecular flexibility index (Phi) is 3.48. The average Bonchev–Trinajstić information content (AvgIpc) is 3.08. The largest absolute Gasteiger partial charge is 0.349 e. The molecule has 3 aromatic rings. The van der Waals surface area contributed by atoms with Gasteiger partial charge in [-0.2, -0.15) is 0 Å². The van der Waals surface area contributed by atoms with Gasteiger partial charge in [0.25, 0.3) is 0 Å². The summed E-state index contributed by atoms with van der Waals surface area (Å²) in [5.74, 6) is 1.09. The first-order valence-electron chi connectivity index (χ1n) is 8.64. The Morgan fingerprint density at radius 1 is 1.08 bits per heavy atom. The van der Waals surface area contributed by atoms with Crippen molar-refractivity contribution in [1.82, 2.24) is 9.97 Å². The van der Waals surface area contributed by atoms with E-state index in [0.717, 1.165) is 29.7 Å². The Bertz CT molecular complexity index is 867. The van der Waals surface area contributed by atoms with Crippen LogP contribution in [0, 0.1) is 6.92 Å². The highest BCUT2D eigenvalue weighted by Crippen LogP contribution is 2.44. The number of hydrogen-bond acceptors (Lipinski definition) is 3. The maximum Gasteiger partial charge on any atom is 0.128 e. The van der Waals surface area contributed by atoms with Gasteiger partial charge in [-0.25, -0.2) is 4.98 Å². The highest BCUT2D eigenvalue weighted by atomic mass is 15.4. The molecule has 0 spiro atoms. The molecule has 124 valence electrons. The van der Waals surface area contributed by atoms with Crippen LogP contribution in [0.15, 0.2) is 36.4 Å². The second-order valence-electron chi connectivity index (χ2n) is 6.75. The van der Waals surface area contributed by atoms with Crippen LogP contribution in [0.2, 0.25) is 0 Å². The third-order valence-electron chi connectivity index (χ3n) is 5.01. The summed E-state index contributed by atoms with van der Waals surface area (Å²) in [7, 11) is 4.34. The van der Waals surface area contributed by atoms with Crippen LogP contribution in [-0.2, 0) is 6.42 Å². The standard InChI is InChI=1S/C20H24N4/c1-5-8-18-21-15-12-14(11-13(2)19(15)22-18)20-23(3)16-9-6-7-10-17(16)24(20)4/h6-7,9-12,20H,5,8H2,1-4H3,(H,21,22). The van der Waals surface area contributed by atoms with Crippen LogP contribution in [0.25, 0.3) is 11.0 Å². The fraction of sp³-hybridized carbons (Fsp3) is 0.350. The molecule has 1 N–H and O–H groups in total. The Morgan fingerprint density at radius 2 is 1.75 bits per heavy atom. The number of nitrogens with zero attached hydrogens (tertiary/aromatic N) is 3. The molecule has 0 saturated heterocycles. The molecule has 1 aliphatic rings. The number of aromatic nitrogens is 2. The third-order valence-corrected chi connectivity index (χ3v) is 5.01. The topological polar surface area (TPSA) is 35.2 Å². The minimum absolute atomic E-state index is 0.212. The van der Waals surface area contributed by atoms with Crippen molar-refractivity contribution in [1.29, 1.82) is 0 Å². The molecule has 4 rings (SSSR count). The lowest BCUT2D eigenvalue weighted by Gasteiger charge is -2.28. The lowest BCUT2D eigenvalue weighted by atomic mass is 10.1. The van der Waals surface area contributed by atoms with Crippen molar-refractivity contribution in [3.05, 3.63) is 53.3 Å². The smallest absolute Gasteiger partial charge is 0.128 e.